The van der Waals surface area contributed by atoms with Gasteiger partial charge in [0.05, 0.1) is 6.10 Å². The van der Waals surface area contributed by atoms with Gasteiger partial charge in [0.25, 0.3) is 5.95 Å². The molecule has 1 aromatic heterocycles. The van der Waals surface area contributed by atoms with E-state index in [9.17, 15) is 4.39 Å². The molecule has 2 nitrogen and oxygen atoms in total. The first-order chi connectivity index (χ1) is 5.36. The molecule has 0 bridgehead atoms. The topological polar surface area (TPSA) is 22.1 Å². The lowest BCUT2D eigenvalue weighted by atomic mass is 10.4. The third kappa shape index (κ3) is 1.48. The van der Waals surface area contributed by atoms with Crippen LogP contribution in [0.5, 0.6) is 5.75 Å². The molecule has 1 fully saturated rings. The van der Waals surface area contributed by atoms with E-state index in [0.717, 1.165) is 12.8 Å². The van der Waals surface area contributed by atoms with Crippen molar-refractivity contribution in [2.45, 2.75) is 18.9 Å². The van der Waals surface area contributed by atoms with Crippen molar-refractivity contribution < 1.29 is 9.13 Å². The van der Waals surface area contributed by atoms with Gasteiger partial charge in [-0.1, -0.05) is 0 Å². The van der Waals surface area contributed by atoms with Crippen molar-refractivity contribution in [3.05, 3.63) is 24.3 Å². The smallest absolute Gasteiger partial charge is 0.255 e. The fraction of sp³-hybridized carbons (Fsp3) is 0.375. The summed E-state index contributed by atoms with van der Waals surface area (Å²) in [4.78, 5) is 3.47. The van der Waals surface area contributed by atoms with Crippen molar-refractivity contribution >= 4 is 0 Å². The fourth-order valence-electron chi connectivity index (χ4n) is 0.825. The molecule has 58 valence electrons. The summed E-state index contributed by atoms with van der Waals surface area (Å²) in [6.45, 7) is 0. The maximum absolute atomic E-state index is 12.7. The zero-order valence-corrected chi connectivity index (χ0v) is 5.96. The van der Waals surface area contributed by atoms with Crippen LogP contribution in [0.25, 0.3) is 0 Å². The number of halogens is 1. The van der Waals surface area contributed by atoms with E-state index < -0.39 is 5.95 Å². The van der Waals surface area contributed by atoms with Gasteiger partial charge in [-0.05, 0) is 25.0 Å². The summed E-state index contributed by atoms with van der Waals surface area (Å²) < 4.78 is 18.0. The Morgan fingerprint density at radius 1 is 1.55 bits per heavy atom. The van der Waals surface area contributed by atoms with Gasteiger partial charge >= 0.3 is 0 Å². The Morgan fingerprint density at radius 2 is 2.36 bits per heavy atom. The highest BCUT2D eigenvalue weighted by Gasteiger charge is 2.24. The Kier molecular flexibility index (Phi) is 1.49. The van der Waals surface area contributed by atoms with Crippen LogP contribution in [0, 0.1) is 5.95 Å². The average molecular weight is 153 g/mol. The summed E-state index contributed by atoms with van der Waals surface area (Å²) >= 11 is 0. The molecule has 0 unspecified atom stereocenters. The zero-order valence-electron chi connectivity index (χ0n) is 5.96. The summed E-state index contributed by atoms with van der Waals surface area (Å²) in [6.07, 6.45) is 3.71. The molecule has 1 aliphatic rings. The highest BCUT2D eigenvalue weighted by Crippen LogP contribution is 2.27. The van der Waals surface area contributed by atoms with Crippen LogP contribution in [0.15, 0.2) is 18.3 Å². The van der Waals surface area contributed by atoms with Crippen molar-refractivity contribution in [2.75, 3.05) is 0 Å². The second-order valence-corrected chi connectivity index (χ2v) is 2.61. The highest BCUT2D eigenvalue weighted by molar-refractivity contribution is 5.18. The molecular weight excluding hydrogens is 145 g/mol. The predicted molar refractivity (Wildman–Crippen MR) is 37.8 cm³/mol. The molecule has 0 spiro atoms. The minimum absolute atomic E-state index is 0.230. The Hall–Kier alpha value is -1.12. The van der Waals surface area contributed by atoms with Crippen molar-refractivity contribution in [2.24, 2.45) is 0 Å². The molecule has 1 aromatic rings. The second kappa shape index (κ2) is 2.49. The summed E-state index contributed by atoms with van der Waals surface area (Å²) in [5.41, 5.74) is 0. The predicted octanol–water partition coefficient (Wildman–Crippen LogP) is 1.76. The van der Waals surface area contributed by atoms with E-state index >= 15 is 0 Å². The van der Waals surface area contributed by atoms with E-state index in [2.05, 4.69) is 4.98 Å². The van der Waals surface area contributed by atoms with E-state index in [4.69, 9.17) is 4.74 Å². The minimum atomic E-state index is -0.514. The summed E-state index contributed by atoms with van der Waals surface area (Å²) in [7, 11) is 0. The third-order valence-corrected chi connectivity index (χ3v) is 1.54. The summed E-state index contributed by atoms with van der Waals surface area (Å²) in [5, 5.41) is 0. The fourth-order valence-corrected chi connectivity index (χ4v) is 0.825. The Morgan fingerprint density at radius 3 is 3.00 bits per heavy atom. The molecular formula is C8H8FNO. The lowest BCUT2D eigenvalue weighted by Crippen LogP contribution is -1.98. The first-order valence-electron chi connectivity index (χ1n) is 3.63. The second-order valence-electron chi connectivity index (χ2n) is 2.61. The molecule has 0 N–H and O–H groups in total. The van der Waals surface area contributed by atoms with E-state index in [1.807, 2.05) is 0 Å². The van der Waals surface area contributed by atoms with Crippen LogP contribution in [-0.4, -0.2) is 11.1 Å². The number of hydrogen-bond acceptors (Lipinski definition) is 2. The first-order valence-corrected chi connectivity index (χ1v) is 3.63. The number of nitrogens with zero attached hydrogens (tertiary/aromatic N) is 1. The SMILES string of the molecule is Fc1ncccc1OC1CC1. The van der Waals surface area contributed by atoms with Gasteiger partial charge in [-0.25, -0.2) is 4.98 Å². The molecule has 0 saturated heterocycles. The van der Waals surface area contributed by atoms with E-state index in [-0.39, 0.29) is 11.9 Å². The van der Waals surface area contributed by atoms with E-state index in [1.54, 1.807) is 12.1 Å². The van der Waals surface area contributed by atoms with Crippen LogP contribution < -0.4 is 4.74 Å². The van der Waals surface area contributed by atoms with Crippen LogP contribution >= 0.6 is 0 Å². The molecule has 0 radical (unpaired) electrons. The lowest BCUT2D eigenvalue weighted by molar-refractivity contribution is 0.283. The maximum atomic E-state index is 12.7. The molecule has 0 aromatic carbocycles. The molecule has 1 heterocycles. The Balaban J connectivity index is 2.15. The molecule has 1 saturated carbocycles. The Labute approximate surface area is 64.0 Å². The van der Waals surface area contributed by atoms with Gasteiger partial charge in [-0.3, -0.25) is 0 Å². The standard InChI is InChI=1S/C8H8FNO/c9-8-7(2-1-5-10-8)11-6-3-4-6/h1-2,5-6H,3-4H2. The third-order valence-electron chi connectivity index (χ3n) is 1.54. The lowest BCUT2D eigenvalue weighted by Gasteiger charge is -2.02. The van der Waals surface area contributed by atoms with Crippen molar-refractivity contribution in [3.63, 3.8) is 0 Å². The molecule has 0 aliphatic heterocycles. The number of hydrogen-bond donors (Lipinski definition) is 0. The number of aromatic nitrogens is 1. The number of ether oxygens (including phenoxy) is 1. The van der Waals surface area contributed by atoms with Gasteiger partial charge in [0, 0.05) is 6.20 Å². The minimum Gasteiger partial charge on any atom is -0.486 e. The molecule has 11 heavy (non-hydrogen) atoms. The van der Waals surface area contributed by atoms with Gasteiger partial charge in [0.15, 0.2) is 5.75 Å². The van der Waals surface area contributed by atoms with E-state index in [0.29, 0.717) is 0 Å². The van der Waals surface area contributed by atoms with Gasteiger partial charge < -0.3 is 4.74 Å². The van der Waals surface area contributed by atoms with Crippen LogP contribution in [0.1, 0.15) is 12.8 Å². The first kappa shape index (κ1) is 6.58. The quantitative estimate of drug-likeness (QED) is 0.604. The van der Waals surface area contributed by atoms with Gasteiger partial charge in [-0.2, -0.15) is 4.39 Å². The normalized spacial score (nSPS) is 16.5. The molecule has 2 rings (SSSR count). The zero-order chi connectivity index (χ0) is 7.68. The largest absolute Gasteiger partial charge is 0.486 e. The van der Waals surface area contributed by atoms with Crippen molar-refractivity contribution in [3.8, 4) is 5.75 Å². The molecule has 1 aliphatic carbocycles. The molecule has 0 atom stereocenters. The maximum Gasteiger partial charge on any atom is 0.255 e. The van der Waals surface area contributed by atoms with Crippen molar-refractivity contribution in [1.82, 2.24) is 4.98 Å². The number of pyridine rings is 1. The van der Waals surface area contributed by atoms with Gasteiger partial charge in [0.1, 0.15) is 0 Å². The molecule has 3 heteroatoms. The molecule has 0 amide bonds. The van der Waals surface area contributed by atoms with Crippen LogP contribution in [0.3, 0.4) is 0 Å². The Bertz CT molecular complexity index is 260. The van der Waals surface area contributed by atoms with Gasteiger partial charge in [-0.15, -0.1) is 0 Å². The van der Waals surface area contributed by atoms with Crippen molar-refractivity contribution in [1.29, 1.82) is 0 Å². The van der Waals surface area contributed by atoms with Crippen LogP contribution in [-0.2, 0) is 0 Å². The highest BCUT2D eigenvalue weighted by atomic mass is 19.1. The summed E-state index contributed by atoms with van der Waals surface area (Å²) in [5.74, 6) is -0.241. The monoisotopic (exact) mass is 153 g/mol. The number of rotatable bonds is 2. The van der Waals surface area contributed by atoms with E-state index in [1.165, 1.54) is 6.20 Å². The van der Waals surface area contributed by atoms with Gasteiger partial charge in [0.2, 0.25) is 0 Å². The van der Waals surface area contributed by atoms with Crippen LogP contribution in [0.4, 0.5) is 4.39 Å². The van der Waals surface area contributed by atoms with Crippen LogP contribution in [0.2, 0.25) is 0 Å². The summed E-state index contributed by atoms with van der Waals surface area (Å²) in [6, 6.07) is 3.27. The average Bonchev–Trinajstić information content (AvgIpc) is 2.78.